The van der Waals surface area contributed by atoms with Crippen LogP contribution in [0.15, 0.2) is 24.3 Å². The molecule has 2 unspecified atom stereocenters. The lowest BCUT2D eigenvalue weighted by atomic mass is 9.95. The van der Waals surface area contributed by atoms with Gasteiger partial charge in [-0.25, -0.2) is 0 Å². The van der Waals surface area contributed by atoms with E-state index in [0.717, 1.165) is 30.6 Å². The van der Waals surface area contributed by atoms with Gasteiger partial charge in [0.05, 0.1) is 12.6 Å². The summed E-state index contributed by atoms with van der Waals surface area (Å²) in [6.45, 7) is 6.55. The van der Waals surface area contributed by atoms with E-state index >= 15 is 0 Å². The average molecular weight is 261 g/mol. The maximum Gasteiger partial charge on any atom is 0.177 e. The monoisotopic (exact) mass is 261 g/mol. The molecule has 19 heavy (non-hydrogen) atoms. The number of aryl methyl sites for hydroxylation is 1. The summed E-state index contributed by atoms with van der Waals surface area (Å²) < 4.78 is 5.49. The molecule has 0 amide bonds. The van der Waals surface area contributed by atoms with Gasteiger partial charge in [-0.2, -0.15) is 0 Å². The van der Waals surface area contributed by atoms with E-state index in [1.54, 1.807) is 7.11 Å². The molecule has 1 heterocycles. The minimum atomic E-state index is 0.211. The van der Waals surface area contributed by atoms with Crippen molar-refractivity contribution in [3.8, 4) is 0 Å². The number of rotatable bonds is 4. The summed E-state index contributed by atoms with van der Waals surface area (Å²) in [5.74, 6) is 0.789. The van der Waals surface area contributed by atoms with Gasteiger partial charge in [0.15, 0.2) is 5.78 Å². The molecule has 104 valence electrons. The van der Waals surface area contributed by atoms with Crippen LogP contribution in [0.3, 0.4) is 0 Å². The summed E-state index contributed by atoms with van der Waals surface area (Å²) in [5.41, 5.74) is 1.90. The molecule has 0 radical (unpaired) electrons. The topological polar surface area (TPSA) is 29.5 Å². The molecule has 1 aliphatic rings. The summed E-state index contributed by atoms with van der Waals surface area (Å²) in [6.07, 6.45) is 1.35. The molecule has 2 atom stereocenters. The van der Waals surface area contributed by atoms with Gasteiger partial charge in [0.1, 0.15) is 0 Å². The molecular formula is C16H23NO2. The maximum atomic E-state index is 12.3. The van der Waals surface area contributed by atoms with Crippen LogP contribution in [0.1, 0.15) is 29.3 Å². The first-order valence-corrected chi connectivity index (χ1v) is 6.95. The molecule has 1 fully saturated rings. The first kappa shape index (κ1) is 14.2. The normalized spacial score (nSPS) is 24.4. The Hall–Kier alpha value is -1.19. The van der Waals surface area contributed by atoms with Crippen molar-refractivity contribution >= 4 is 5.78 Å². The second kappa shape index (κ2) is 6.31. The number of hydrogen-bond donors (Lipinski definition) is 0. The largest absolute Gasteiger partial charge is 0.380 e. The number of ketones is 1. The highest BCUT2D eigenvalue weighted by Gasteiger charge is 2.27. The first-order valence-electron chi connectivity index (χ1n) is 6.95. The minimum absolute atomic E-state index is 0.211. The molecule has 0 bridgehead atoms. The van der Waals surface area contributed by atoms with E-state index in [4.69, 9.17) is 4.74 Å². The van der Waals surface area contributed by atoms with E-state index in [-0.39, 0.29) is 11.9 Å². The van der Waals surface area contributed by atoms with E-state index in [1.165, 1.54) is 0 Å². The van der Waals surface area contributed by atoms with Gasteiger partial charge < -0.3 is 4.74 Å². The fraction of sp³-hybridized carbons (Fsp3) is 0.562. The van der Waals surface area contributed by atoms with Crippen LogP contribution >= 0.6 is 0 Å². The standard InChI is InChI=1S/C16H23NO2/c1-12-6-4-5-7-14(12)15(18)10-17-9-8-13(2)16(11-17)19-3/h4-7,13,16H,8-11H2,1-3H3. The summed E-state index contributed by atoms with van der Waals surface area (Å²) in [4.78, 5) is 14.5. The molecule has 0 N–H and O–H groups in total. The van der Waals surface area contributed by atoms with E-state index in [2.05, 4.69) is 11.8 Å². The van der Waals surface area contributed by atoms with Crippen LogP contribution in [-0.2, 0) is 4.74 Å². The lowest BCUT2D eigenvalue weighted by Gasteiger charge is -2.35. The first-order chi connectivity index (χ1) is 9.11. The van der Waals surface area contributed by atoms with E-state index in [1.807, 2.05) is 31.2 Å². The number of piperidine rings is 1. The van der Waals surface area contributed by atoms with Crippen molar-refractivity contribution < 1.29 is 9.53 Å². The Labute approximate surface area is 115 Å². The molecule has 1 aromatic carbocycles. The summed E-state index contributed by atoms with van der Waals surface area (Å²) in [6, 6.07) is 7.80. The van der Waals surface area contributed by atoms with Crippen molar-refractivity contribution in [2.75, 3.05) is 26.7 Å². The number of methoxy groups -OCH3 is 1. The SMILES string of the molecule is COC1CN(CC(=O)c2ccccc2C)CCC1C. The van der Waals surface area contributed by atoms with Crippen LogP contribution in [-0.4, -0.2) is 43.5 Å². The Morgan fingerprint density at radius 2 is 2.16 bits per heavy atom. The second-order valence-electron chi connectivity index (χ2n) is 5.51. The average Bonchev–Trinajstić information content (AvgIpc) is 2.41. The number of Topliss-reactive ketones (excluding diaryl/α,β-unsaturated/α-hetero) is 1. The highest BCUT2D eigenvalue weighted by Crippen LogP contribution is 2.20. The third-order valence-electron chi connectivity index (χ3n) is 4.09. The predicted octanol–water partition coefficient (Wildman–Crippen LogP) is 2.53. The molecule has 1 aromatic rings. The predicted molar refractivity (Wildman–Crippen MR) is 76.5 cm³/mol. The second-order valence-corrected chi connectivity index (χ2v) is 5.51. The van der Waals surface area contributed by atoms with Crippen molar-refractivity contribution in [1.82, 2.24) is 4.90 Å². The number of carbonyl (C=O) groups excluding carboxylic acids is 1. The molecular weight excluding hydrogens is 238 g/mol. The third-order valence-corrected chi connectivity index (χ3v) is 4.09. The zero-order valence-corrected chi connectivity index (χ0v) is 12.1. The van der Waals surface area contributed by atoms with Crippen molar-refractivity contribution in [3.63, 3.8) is 0 Å². The van der Waals surface area contributed by atoms with Crippen molar-refractivity contribution in [1.29, 1.82) is 0 Å². The molecule has 0 saturated carbocycles. The molecule has 0 aromatic heterocycles. The van der Waals surface area contributed by atoms with Gasteiger partial charge in [-0.15, -0.1) is 0 Å². The van der Waals surface area contributed by atoms with Gasteiger partial charge in [-0.3, -0.25) is 9.69 Å². The van der Waals surface area contributed by atoms with Gasteiger partial charge in [0.2, 0.25) is 0 Å². The number of carbonyl (C=O) groups is 1. The number of hydrogen-bond acceptors (Lipinski definition) is 3. The number of likely N-dealkylation sites (tertiary alicyclic amines) is 1. The van der Waals surface area contributed by atoms with E-state index in [9.17, 15) is 4.79 Å². The molecule has 1 saturated heterocycles. The van der Waals surface area contributed by atoms with Crippen LogP contribution in [0.25, 0.3) is 0 Å². The zero-order chi connectivity index (χ0) is 13.8. The molecule has 1 aliphatic heterocycles. The van der Waals surface area contributed by atoms with Crippen LogP contribution in [0, 0.1) is 12.8 Å². The van der Waals surface area contributed by atoms with Gasteiger partial charge in [-0.1, -0.05) is 31.2 Å². The quantitative estimate of drug-likeness (QED) is 0.780. The maximum absolute atomic E-state index is 12.3. The van der Waals surface area contributed by atoms with Crippen LogP contribution in [0.5, 0.6) is 0 Å². The highest BCUT2D eigenvalue weighted by atomic mass is 16.5. The molecule has 3 nitrogen and oxygen atoms in total. The van der Waals surface area contributed by atoms with Gasteiger partial charge in [-0.05, 0) is 31.4 Å². The molecule has 3 heteroatoms. The molecule has 0 spiro atoms. The van der Waals surface area contributed by atoms with Gasteiger partial charge in [0.25, 0.3) is 0 Å². The van der Waals surface area contributed by atoms with Crippen LogP contribution in [0.2, 0.25) is 0 Å². The summed E-state index contributed by atoms with van der Waals surface area (Å²) in [5, 5.41) is 0. The fourth-order valence-electron chi connectivity index (χ4n) is 2.72. The third kappa shape index (κ3) is 3.43. The Morgan fingerprint density at radius 3 is 2.84 bits per heavy atom. The van der Waals surface area contributed by atoms with Gasteiger partial charge >= 0.3 is 0 Å². The Kier molecular flexibility index (Phi) is 4.72. The van der Waals surface area contributed by atoms with Crippen molar-refractivity contribution in [2.45, 2.75) is 26.4 Å². The summed E-state index contributed by atoms with van der Waals surface area (Å²) >= 11 is 0. The van der Waals surface area contributed by atoms with Crippen LogP contribution < -0.4 is 0 Å². The fourth-order valence-corrected chi connectivity index (χ4v) is 2.72. The number of benzene rings is 1. The summed E-state index contributed by atoms with van der Waals surface area (Å²) in [7, 11) is 1.76. The number of ether oxygens (including phenoxy) is 1. The Bertz CT molecular complexity index is 444. The lowest BCUT2D eigenvalue weighted by Crippen LogP contribution is -2.45. The van der Waals surface area contributed by atoms with Gasteiger partial charge in [0, 0.05) is 19.2 Å². The Balaban J connectivity index is 1.98. The Morgan fingerprint density at radius 1 is 1.42 bits per heavy atom. The van der Waals surface area contributed by atoms with E-state index in [0.29, 0.717) is 12.5 Å². The molecule has 2 rings (SSSR count). The zero-order valence-electron chi connectivity index (χ0n) is 12.1. The molecule has 0 aliphatic carbocycles. The lowest BCUT2D eigenvalue weighted by molar-refractivity contribution is -0.00325. The van der Waals surface area contributed by atoms with Crippen molar-refractivity contribution in [2.24, 2.45) is 5.92 Å². The van der Waals surface area contributed by atoms with Crippen LogP contribution in [0.4, 0.5) is 0 Å². The minimum Gasteiger partial charge on any atom is -0.380 e. The van der Waals surface area contributed by atoms with Crippen molar-refractivity contribution in [3.05, 3.63) is 35.4 Å². The smallest absolute Gasteiger partial charge is 0.177 e. The number of nitrogens with zero attached hydrogens (tertiary/aromatic N) is 1. The highest BCUT2D eigenvalue weighted by molar-refractivity contribution is 5.98. The van der Waals surface area contributed by atoms with E-state index < -0.39 is 0 Å².